The smallest absolute Gasteiger partial charge is 0.0690 e. The van der Waals surface area contributed by atoms with Crippen LogP contribution in [0, 0.1) is 5.92 Å². The molecule has 0 aromatic heterocycles. The van der Waals surface area contributed by atoms with Crippen LogP contribution in [0.1, 0.15) is 26.2 Å². The Hall–Kier alpha value is -0.0400. The molecule has 0 radical (unpaired) electrons. The zero-order valence-electron chi connectivity index (χ0n) is 5.31. The summed E-state index contributed by atoms with van der Waals surface area (Å²) in [5, 5.41) is 0. The summed E-state index contributed by atoms with van der Waals surface area (Å²) in [4.78, 5) is 0. The third kappa shape index (κ3) is 0.408. The molecule has 0 unspecified atom stereocenters. The molecular weight excluding hydrogens is 100 g/mol. The largest absolute Gasteiger partial charge is 0.375 e. The van der Waals surface area contributed by atoms with Crippen LogP contribution >= 0.6 is 0 Å². The van der Waals surface area contributed by atoms with Crippen LogP contribution in [0.2, 0.25) is 0 Å². The predicted molar refractivity (Wildman–Crippen MR) is 31.7 cm³/mol. The lowest BCUT2D eigenvalue weighted by Crippen LogP contribution is -2.59. The van der Waals surface area contributed by atoms with Gasteiger partial charge in [-0.05, 0) is 32.1 Å². The number of hydrogen-bond donors (Lipinski definition) is 0. The summed E-state index contributed by atoms with van der Waals surface area (Å²) < 4.78 is 5.53. The summed E-state index contributed by atoms with van der Waals surface area (Å²) in [6.07, 6.45) is 4.09. The molecule has 0 aromatic rings. The highest BCUT2D eigenvalue weighted by Crippen LogP contribution is 2.59. The number of rotatable bonds is 2. The highest BCUT2D eigenvalue weighted by atomic mass is 16.5. The van der Waals surface area contributed by atoms with Crippen molar-refractivity contribution in [1.82, 2.24) is 0 Å². The first-order chi connectivity index (χ1) is 3.85. The average Bonchev–Trinajstić information content (AvgIpc) is 1.50. The van der Waals surface area contributed by atoms with Gasteiger partial charge in [-0.25, -0.2) is 0 Å². The Labute approximate surface area is 50.0 Å². The lowest BCUT2D eigenvalue weighted by atomic mass is 9.52. The number of hydrogen-bond acceptors (Lipinski definition) is 1. The molecule has 0 amide bonds. The van der Waals surface area contributed by atoms with Crippen molar-refractivity contribution < 1.29 is 4.74 Å². The molecule has 2 bridgehead atoms. The van der Waals surface area contributed by atoms with E-state index in [1.165, 1.54) is 19.3 Å². The summed E-state index contributed by atoms with van der Waals surface area (Å²) in [6.45, 7) is 2.99. The molecule has 3 aliphatic carbocycles. The van der Waals surface area contributed by atoms with Gasteiger partial charge in [-0.2, -0.15) is 0 Å². The van der Waals surface area contributed by atoms with E-state index in [-0.39, 0.29) is 0 Å². The summed E-state index contributed by atoms with van der Waals surface area (Å²) in [5.41, 5.74) is 0.416. The van der Waals surface area contributed by atoms with Crippen molar-refractivity contribution in [1.29, 1.82) is 0 Å². The van der Waals surface area contributed by atoms with Gasteiger partial charge in [0.2, 0.25) is 0 Å². The summed E-state index contributed by atoms with van der Waals surface area (Å²) in [5.74, 6) is 1.06. The van der Waals surface area contributed by atoms with Crippen LogP contribution in [-0.4, -0.2) is 12.2 Å². The first-order valence-corrected chi connectivity index (χ1v) is 3.49. The second-order valence-corrected chi connectivity index (χ2v) is 3.09. The summed E-state index contributed by atoms with van der Waals surface area (Å²) in [6, 6.07) is 0. The second-order valence-electron chi connectivity index (χ2n) is 3.09. The lowest BCUT2D eigenvalue weighted by molar-refractivity contribution is -0.223. The van der Waals surface area contributed by atoms with E-state index in [0.29, 0.717) is 5.60 Å². The molecule has 0 spiro atoms. The Morgan fingerprint density at radius 3 is 2.25 bits per heavy atom. The van der Waals surface area contributed by atoms with Crippen molar-refractivity contribution in [2.75, 3.05) is 6.61 Å². The van der Waals surface area contributed by atoms with Gasteiger partial charge in [-0.15, -0.1) is 0 Å². The quantitative estimate of drug-likeness (QED) is 0.527. The first kappa shape index (κ1) is 4.80. The van der Waals surface area contributed by atoms with Crippen molar-refractivity contribution in [2.45, 2.75) is 31.8 Å². The van der Waals surface area contributed by atoms with E-state index in [4.69, 9.17) is 4.74 Å². The van der Waals surface area contributed by atoms with Gasteiger partial charge in [0.05, 0.1) is 5.60 Å². The topological polar surface area (TPSA) is 9.23 Å². The fourth-order valence-electron chi connectivity index (χ4n) is 1.88. The van der Waals surface area contributed by atoms with E-state index >= 15 is 0 Å². The molecule has 0 saturated heterocycles. The molecule has 3 aliphatic rings. The molecule has 0 atom stereocenters. The highest BCUT2D eigenvalue weighted by Gasteiger charge is 2.57. The van der Waals surface area contributed by atoms with E-state index in [0.717, 1.165) is 12.5 Å². The lowest BCUT2D eigenvalue weighted by Gasteiger charge is -2.60. The van der Waals surface area contributed by atoms with E-state index < -0.39 is 0 Å². The van der Waals surface area contributed by atoms with E-state index in [9.17, 15) is 0 Å². The van der Waals surface area contributed by atoms with Crippen molar-refractivity contribution in [3.8, 4) is 0 Å². The van der Waals surface area contributed by atoms with Crippen LogP contribution in [0.5, 0.6) is 0 Å². The molecule has 3 fully saturated rings. The number of ether oxygens (including phenoxy) is 1. The third-order valence-corrected chi connectivity index (χ3v) is 2.43. The molecule has 0 N–H and O–H groups in total. The minimum absolute atomic E-state index is 0.416. The van der Waals surface area contributed by atoms with Crippen molar-refractivity contribution in [3.05, 3.63) is 0 Å². The van der Waals surface area contributed by atoms with Gasteiger partial charge in [0.15, 0.2) is 0 Å². The maximum absolute atomic E-state index is 5.53. The normalized spacial score (nSPS) is 49.9. The van der Waals surface area contributed by atoms with Crippen LogP contribution in [-0.2, 0) is 4.74 Å². The molecule has 0 aromatic carbocycles. The van der Waals surface area contributed by atoms with E-state index in [1.807, 2.05) is 0 Å². The van der Waals surface area contributed by atoms with Gasteiger partial charge in [-0.1, -0.05) is 0 Å². The Balaban J connectivity index is 1.87. The van der Waals surface area contributed by atoms with Crippen LogP contribution in [0.15, 0.2) is 0 Å². The molecule has 1 heteroatoms. The zero-order chi connectivity index (χ0) is 5.61. The summed E-state index contributed by atoms with van der Waals surface area (Å²) in [7, 11) is 0. The van der Waals surface area contributed by atoms with Crippen LogP contribution in [0.4, 0.5) is 0 Å². The van der Waals surface area contributed by atoms with Gasteiger partial charge < -0.3 is 4.74 Å². The minimum atomic E-state index is 0.416. The molecule has 46 valence electrons. The Bertz CT molecular complexity index is 91.9. The van der Waals surface area contributed by atoms with E-state index in [2.05, 4.69) is 6.92 Å². The zero-order valence-corrected chi connectivity index (χ0v) is 5.31. The van der Waals surface area contributed by atoms with Gasteiger partial charge in [0.25, 0.3) is 0 Å². The molecule has 8 heavy (non-hydrogen) atoms. The monoisotopic (exact) mass is 112 g/mol. The van der Waals surface area contributed by atoms with Crippen molar-refractivity contribution >= 4 is 0 Å². The molecular formula is C7H12O. The van der Waals surface area contributed by atoms with Gasteiger partial charge in [0, 0.05) is 6.61 Å². The maximum atomic E-state index is 5.53. The van der Waals surface area contributed by atoms with Crippen LogP contribution in [0.25, 0.3) is 0 Å². The maximum Gasteiger partial charge on any atom is 0.0690 e. The van der Waals surface area contributed by atoms with Crippen molar-refractivity contribution in [3.63, 3.8) is 0 Å². The third-order valence-electron chi connectivity index (χ3n) is 2.43. The standard InChI is InChI=1S/C7H12O/c1-2-8-7-3-6(4-7)5-7/h6H,2-5H2,1H3. The fourth-order valence-corrected chi connectivity index (χ4v) is 1.88. The van der Waals surface area contributed by atoms with Gasteiger partial charge in [0.1, 0.15) is 0 Å². The summed E-state index contributed by atoms with van der Waals surface area (Å²) >= 11 is 0. The van der Waals surface area contributed by atoms with Gasteiger partial charge in [-0.3, -0.25) is 0 Å². The SMILES string of the molecule is CCOC12CC(C1)C2. The molecule has 1 nitrogen and oxygen atoms in total. The minimum Gasteiger partial charge on any atom is -0.375 e. The first-order valence-electron chi connectivity index (χ1n) is 3.49. The Morgan fingerprint density at radius 2 is 2.12 bits per heavy atom. The molecule has 3 saturated carbocycles. The Kier molecular flexibility index (Phi) is 0.762. The highest BCUT2D eigenvalue weighted by molar-refractivity contribution is 5.09. The second kappa shape index (κ2) is 1.27. The predicted octanol–water partition coefficient (Wildman–Crippen LogP) is 1.58. The van der Waals surface area contributed by atoms with Crippen LogP contribution in [0.3, 0.4) is 0 Å². The fraction of sp³-hybridized carbons (Fsp3) is 1.00. The van der Waals surface area contributed by atoms with Crippen LogP contribution < -0.4 is 0 Å². The van der Waals surface area contributed by atoms with Crippen molar-refractivity contribution in [2.24, 2.45) is 5.92 Å². The Morgan fingerprint density at radius 1 is 1.50 bits per heavy atom. The average molecular weight is 112 g/mol. The van der Waals surface area contributed by atoms with E-state index in [1.54, 1.807) is 0 Å². The van der Waals surface area contributed by atoms with Gasteiger partial charge >= 0.3 is 0 Å². The molecule has 3 rings (SSSR count). The molecule has 0 heterocycles. The molecule has 0 aliphatic heterocycles.